The third-order valence-electron chi connectivity index (χ3n) is 4.94. The Morgan fingerprint density at radius 2 is 1.53 bits per heavy atom. The maximum atomic E-state index is 12.3. The molecule has 2 aromatic carbocycles. The van der Waals surface area contributed by atoms with Crippen molar-refractivity contribution in [1.82, 2.24) is 10.9 Å². The van der Waals surface area contributed by atoms with Gasteiger partial charge >= 0.3 is 18.0 Å². The molecule has 3 amide bonds. The Morgan fingerprint density at radius 1 is 0.906 bits per heavy atom. The number of ether oxygens (including phenoxy) is 1. The third kappa shape index (κ3) is 4.16. The van der Waals surface area contributed by atoms with Crippen molar-refractivity contribution in [3.8, 4) is 11.1 Å². The first kappa shape index (κ1) is 21.1. The third-order valence-corrected chi connectivity index (χ3v) is 5.85. The average molecular weight is 451 g/mol. The molecule has 0 aliphatic heterocycles. The van der Waals surface area contributed by atoms with Crippen molar-refractivity contribution in [3.05, 3.63) is 76.0 Å². The minimum absolute atomic E-state index is 0.0224. The first-order valence-corrected chi connectivity index (χ1v) is 10.4. The highest BCUT2D eigenvalue weighted by atomic mass is 32.1. The summed E-state index contributed by atoms with van der Waals surface area (Å²) >= 11 is 0.970. The van der Waals surface area contributed by atoms with Crippen LogP contribution in [0.2, 0.25) is 0 Å². The molecule has 0 saturated heterocycles. The number of rotatable bonds is 4. The van der Waals surface area contributed by atoms with Gasteiger partial charge in [-0.1, -0.05) is 48.5 Å². The minimum atomic E-state index is -1.68. The van der Waals surface area contributed by atoms with Gasteiger partial charge in [-0.25, -0.2) is 15.0 Å². The molecular weight excluding hydrogens is 434 g/mol. The number of carbonyl (C=O) groups excluding carboxylic acids is 3. The van der Waals surface area contributed by atoms with Gasteiger partial charge in [0.15, 0.2) is 0 Å². The number of carbonyl (C=O) groups is 4. The fourth-order valence-electron chi connectivity index (χ4n) is 3.56. The van der Waals surface area contributed by atoms with E-state index < -0.39 is 23.9 Å². The molecule has 4 N–H and O–H groups in total. The van der Waals surface area contributed by atoms with Gasteiger partial charge in [-0.3, -0.25) is 15.0 Å². The molecule has 0 atom stereocenters. The van der Waals surface area contributed by atoms with E-state index in [4.69, 9.17) is 9.84 Å². The molecule has 10 heteroatoms. The molecule has 0 fully saturated rings. The van der Waals surface area contributed by atoms with Crippen LogP contribution in [-0.2, 0) is 14.3 Å². The van der Waals surface area contributed by atoms with Gasteiger partial charge in [0, 0.05) is 5.92 Å². The van der Waals surface area contributed by atoms with Gasteiger partial charge in [-0.15, -0.1) is 11.3 Å². The molecule has 1 aliphatic rings. The zero-order chi connectivity index (χ0) is 22.7. The van der Waals surface area contributed by atoms with Crippen molar-refractivity contribution in [2.24, 2.45) is 0 Å². The number of anilines is 1. The SMILES string of the molecule is O=C(NNC(=O)c1sccc1NC(=O)C(=O)O)OCC1c2ccccc2-c2ccccc21. The number of hydrogen-bond donors (Lipinski definition) is 4. The molecule has 0 unspecified atom stereocenters. The smallest absolute Gasteiger partial charge is 0.426 e. The van der Waals surface area contributed by atoms with E-state index in [1.807, 2.05) is 48.5 Å². The lowest BCUT2D eigenvalue weighted by Gasteiger charge is -2.15. The summed E-state index contributed by atoms with van der Waals surface area (Å²) in [5.74, 6) is -3.81. The summed E-state index contributed by atoms with van der Waals surface area (Å²) in [6, 6.07) is 17.2. The first-order chi connectivity index (χ1) is 15.5. The normalized spacial score (nSPS) is 11.8. The summed E-state index contributed by atoms with van der Waals surface area (Å²) in [6.45, 7) is 0.0780. The fourth-order valence-corrected chi connectivity index (χ4v) is 4.30. The van der Waals surface area contributed by atoms with E-state index in [-0.39, 0.29) is 23.1 Å². The molecular formula is C22H17N3O6S. The molecule has 1 aliphatic carbocycles. The Kier molecular flexibility index (Phi) is 5.86. The number of thiophene rings is 1. The first-order valence-electron chi connectivity index (χ1n) is 9.49. The van der Waals surface area contributed by atoms with Crippen molar-refractivity contribution in [2.75, 3.05) is 11.9 Å². The molecule has 0 bridgehead atoms. The fraction of sp³-hybridized carbons (Fsp3) is 0.0909. The Bertz CT molecular complexity index is 1180. The van der Waals surface area contributed by atoms with Crippen molar-refractivity contribution in [2.45, 2.75) is 5.92 Å². The Balaban J connectivity index is 1.35. The van der Waals surface area contributed by atoms with E-state index in [1.165, 1.54) is 11.4 Å². The average Bonchev–Trinajstić information content (AvgIpc) is 3.38. The van der Waals surface area contributed by atoms with Gasteiger partial charge in [0.05, 0.1) is 5.69 Å². The van der Waals surface area contributed by atoms with Gasteiger partial charge in [0.2, 0.25) is 0 Å². The monoisotopic (exact) mass is 451 g/mol. The Morgan fingerprint density at radius 3 is 2.16 bits per heavy atom. The summed E-state index contributed by atoms with van der Waals surface area (Å²) < 4.78 is 5.32. The Labute approximate surface area is 186 Å². The molecule has 1 aromatic heterocycles. The highest BCUT2D eigenvalue weighted by Crippen LogP contribution is 2.44. The number of amides is 3. The van der Waals surface area contributed by atoms with Gasteiger partial charge in [-0.05, 0) is 33.7 Å². The molecule has 9 nitrogen and oxygen atoms in total. The Hall–Kier alpha value is -4.18. The van der Waals surface area contributed by atoms with Crippen LogP contribution in [0.4, 0.5) is 10.5 Å². The number of hydrogen-bond acceptors (Lipinski definition) is 6. The summed E-state index contributed by atoms with van der Waals surface area (Å²) in [5, 5.41) is 12.3. The van der Waals surface area contributed by atoms with E-state index >= 15 is 0 Å². The molecule has 3 aromatic rings. The van der Waals surface area contributed by atoms with Crippen molar-refractivity contribution < 1.29 is 29.0 Å². The number of fused-ring (bicyclic) bond motifs is 3. The van der Waals surface area contributed by atoms with Crippen LogP contribution in [0.25, 0.3) is 11.1 Å². The lowest BCUT2D eigenvalue weighted by Crippen LogP contribution is -2.42. The number of nitrogens with one attached hydrogen (secondary N) is 3. The van der Waals surface area contributed by atoms with Crippen LogP contribution < -0.4 is 16.2 Å². The highest BCUT2D eigenvalue weighted by Gasteiger charge is 2.29. The summed E-state index contributed by atoms with van der Waals surface area (Å²) in [5.41, 5.74) is 8.68. The highest BCUT2D eigenvalue weighted by molar-refractivity contribution is 7.12. The topological polar surface area (TPSA) is 134 Å². The molecule has 0 radical (unpaired) electrons. The molecule has 1 heterocycles. The standard InChI is InChI=1S/C22H17N3O6S/c26-19(18-17(9-10-32-18)23-20(27)21(28)29)24-25-22(30)31-11-16-14-7-3-1-5-12(14)13-6-2-4-8-15(13)16/h1-10,16H,11H2,(H,23,27)(H,24,26)(H,25,30)(H,28,29). The number of aliphatic carboxylic acids is 1. The lowest BCUT2D eigenvalue weighted by atomic mass is 9.98. The van der Waals surface area contributed by atoms with Crippen LogP contribution in [0.3, 0.4) is 0 Å². The summed E-state index contributed by atoms with van der Waals surface area (Å²) in [6.07, 6.45) is -0.854. The second-order valence-corrected chi connectivity index (χ2v) is 7.74. The second-order valence-electron chi connectivity index (χ2n) is 6.83. The zero-order valence-electron chi connectivity index (χ0n) is 16.5. The molecule has 0 saturated carbocycles. The van der Waals surface area contributed by atoms with Crippen molar-refractivity contribution in [3.63, 3.8) is 0 Å². The van der Waals surface area contributed by atoms with Gasteiger partial charge < -0.3 is 15.2 Å². The maximum Gasteiger partial charge on any atom is 0.426 e. The van der Waals surface area contributed by atoms with E-state index in [1.54, 1.807) is 0 Å². The summed E-state index contributed by atoms with van der Waals surface area (Å²) in [7, 11) is 0. The minimum Gasteiger partial charge on any atom is -0.474 e. The van der Waals surface area contributed by atoms with Crippen LogP contribution in [0, 0.1) is 0 Å². The van der Waals surface area contributed by atoms with Gasteiger partial charge in [-0.2, -0.15) is 0 Å². The van der Waals surface area contributed by atoms with Gasteiger partial charge in [0.1, 0.15) is 11.5 Å². The van der Waals surface area contributed by atoms with Crippen LogP contribution in [0.1, 0.15) is 26.7 Å². The van der Waals surface area contributed by atoms with Crippen LogP contribution in [0.5, 0.6) is 0 Å². The zero-order valence-corrected chi connectivity index (χ0v) is 17.3. The van der Waals surface area contributed by atoms with E-state index in [0.717, 1.165) is 33.6 Å². The van der Waals surface area contributed by atoms with Crippen LogP contribution >= 0.6 is 11.3 Å². The van der Waals surface area contributed by atoms with E-state index in [2.05, 4.69) is 16.2 Å². The number of benzene rings is 2. The van der Waals surface area contributed by atoms with Crippen LogP contribution in [0.15, 0.2) is 60.0 Å². The number of hydrazine groups is 1. The van der Waals surface area contributed by atoms with Crippen molar-refractivity contribution in [1.29, 1.82) is 0 Å². The quantitative estimate of drug-likeness (QED) is 0.356. The van der Waals surface area contributed by atoms with Crippen molar-refractivity contribution >= 4 is 40.9 Å². The maximum absolute atomic E-state index is 12.3. The predicted molar refractivity (Wildman–Crippen MR) is 116 cm³/mol. The second kappa shape index (κ2) is 8.90. The van der Waals surface area contributed by atoms with Gasteiger partial charge in [0.25, 0.3) is 5.91 Å². The lowest BCUT2D eigenvalue weighted by molar-refractivity contribution is -0.147. The molecule has 4 rings (SSSR count). The molecule has 32 heavy (non-hydrogen) atoms. The predicted octanol–water partition coefficient (Wildman–Crippen LogP) is 2.95. The number of carboxylic acid groups (broad SMARTS) is 1. The van der Waals surface area contributed by atoms with E-state index in [9.17, 15) is 19.2 Å². The van der Waals surface area contributed by atoms with Crippen LogP contribution in [-0.4, -0.2) is 35.6 Å². The number of carboxylic acids is 1. The van der Waals surface area contributed by atoms with E-state index in [0.29, 0.717) is 0 Å². The summed E-state index contributed by atoms with van der Waals surface area (Å²) in [4.78, 5) is 46.5. The largest absolute Gasteiger partial charge is 0.474 e. The molecule has 162 valence electrons. The molecule has 0 spiro atoms.